The van der Waals surface area contributed by atoms with Gasteiger partial charge >= 0.3 is 0 Å². The first kappa shape index (κ1) is 24.3. The van der Waals surface area contributed by atoms with Gasteiger partial charge in [-0.25, -0.2) is 5.43 Å². The third kappa shape index (κ3) is 5.98. The van der Waals surface area contributed by atoms with Crippen molar-refractivity contribution >= 4 is 34.5 Å². The number of carbonyl (C=O) groups excluding carboxylic acids is 2. The summed E-state index contributed by atoms with van der Waals surface area (Å²) in [6, 6.07) is 23.1. The standard InChI is InChI=1S/C28H25N3O5/c1-18-7-10-22(11-8-18)30-27(33)17-36-25-12-9-19(13-26(25)35-2)16-29-31-28(34)23-14-20-5-3-4-6-21(20)15-24(23)32/h3-16,32H,17H2,1-2H3,(H,30,33)(H,31,34). The molecule has 8 heteroatoms. The Bertz CT molecular complexity index is 1430. The number of methoxy groups -OCH3 is 1. The average Bonchev–Trinajstić information content (AvgIpc) is 2.88. The number of benzene rings is 4. The minimum atomic E-state index is -0.541. The molecule has 8 nitrogen and oxygen atoms in total. The van der Waals surface area contributed by atoms with E-state index in [9.17, 15) is 14.7 Å². The van der Waals surface area contributed by atoms with Crippen LogP contribution in [0.15, 0.2) is 84.0 Å². The number of hydrazone groups is 1. The predicted octanol–water partition coefficient (Wildman–Crippen LogP) is 4.64. The number of aryl methyl sites for hydroxylation is 1. The summed E-state index contributed by atoms with van der Waals surface area (Å²) in [5.41, 5.74) is 4.96. The van der Waals surface area contributed by atoms with Crippen molar-refractivity contribution in [1.82, 2.24) is 5.43 Å². The van der Waals surface area contributed by atoms with Crippen molar-refractivity contribution in [1.29, 1.82) is 0 Å². The number of anilines is 1. The number of hydrogen-bond acceptors (Lipinski definition) is 6. The van der Waals surface area contributed by atoms with Crippen LogP contribution in [0.25, 0.3) is 10.8 Å². The molecule has 4 aromatic rings. The fourth-order valence-corrected chi connectivity index (χ4v) is 3.50. The Balaban J connectivity index is 1.36. The van der Waals surface area contributed by atoms with Crippen LogP contribution in [0.1, 0.15) is 21.5 Å². The molecule has 0 aliphatic carbocycles. The predicted molar refractivity (Wildman–Crippen MR) is 139 cm³/mol. The van der Waals surface area contributed by atoms with Gasteiger partial charge in [0.15, 0.2) is 18.1 Å². The first-order valence-corrected chi connectivity index (χ1v) is 11.2. The van der Waals surface area contributed by atoms with Gasteiger partial charge in [-0.1, -0.05) is 42.0 Å². The fraction of sp³-hybridized carbons (Fsp3) is 0.107. The fourth-order valence-electron chi connectivity index (χ4n) is 3.50. The van der Waals surface area contributed by atoms with Gasteiger partial charge in [0.2, 0.25) is 0 Å². The van der Waals surface area contributed by atoms with Gasteiger partial charge in [-0.2, -0.15) is 5.10 Å². The lowest BCUT2D eigenvalue weighted by Gasteiger charge is -2.11. The second kappa shape index (κ2) is 11.1. The number of hydrogen-bond donors (Lipinski definition) is 3. The number of ether oxygens (including phenoxy) is 2. The molecule has 36 heavy (non-hydrogen) atoms. The van der Waals surface area contributed by atoms with E-state index in [1.165, 1.54) is 13.3 Å². The summed E-state index contributed by atoms with van der Waals surface area (Å²) in [6.07, 6.45) is 1.44. The van der Waals surface area contributed by atoms with E-state index >= 15 is 0 Å². The van der Waals surface area contributed by atoms with E-state index in [2.05, 4.69) is 15.8 Å². The van der Waals surface area contributed by atoms with E-state index in [0.717, 1.165) is 16.3 Å². The summed E-state index contributed by atoms with van der Waals surface area (Å²) in [5.74, 6) is -0.178. The Morgan fingerprint density at radius 1 is 0.944 bits per heavy atom. The molecule has 0 atom stereocenters. The second-order valence-corrected chi connectivity index (χ2v) is 8.03. The van der Waals surface area contributed by atoms with E-state index in [1.54, 1.807) is 30.3 Å². The van der Waals surface area contributed by atoms with E-state index in [-0.39, 0.29) is 23.8 Å². The Hall–Kier alpha value is -4.85. The number of aromatic hydroxyl groups is 1. The van der Waals surface area contributed by atoms with Crippen LogP contribution >= 0.6 is 0 Å². The number of carbonyl (C=O) groups is 2. The third-order valence-corrected chi connectivity index (χ3v) is 5.37. The van der Waals surface area contributed by atoms with Crippen LogP contribution in [0, 0.1) is 6.92 Å². The highest BCUT2D eigenvalue weighted by Crippen LogP contribution is 2.28. The van der Waals surface area contributed by atoms with Crippen molar-refractivity contribution in [2.24, 2.45) is 5.10 Å². The monoisotopic (exact) mass is 483 g/mol. The van der Waals surface area contributed by atoms with Gasteiger partial charge in [-0.15, -0.1) is 0 Å². The molecular formula is C28H25N3O5. The molecule has 0 fully saturated rings. The van der Waals surface area contributed by atoms with E-state index in [4.69, 9.17) is 9.47 Å². The summed E-state index contributed by atoms with van der Waals surface area (Å²) in [6.45, 7) is 1.78. The summed E-state index contributed by atoms with van der Waals surface area (Å²) in [7, 11) is 1.49. The average molecular weight is 484 g/mol. The van der Waals surface area contributed by atoms with Crippen LogP contribution in [0.4, 0.5) is 5.69 Å². The molecule has 0 saturated carbocycles. The molecule has 0 aromatic heterocycles. The Labute approximate surface area is 208 Å². The van der Waals surface area contributed by atoms with E-state index in [0.29, 0.717) is 22.7 Å². The van der Waals surface area contributed by atoms with Crippen molar-refractivity contribution < 1.29 is 24.2 Å². The Kier molecular flexibility index (Phi) is 7.45. The minimum Gasteiger partial charge on any atom is -0.507 e. The molecule has 0 heterocycles. The third-order valence-electron chi connectivity index (χ3n) is 5.37. The molecule has 3 N–H and O–H groups in total. The molecule has 0 radical (unpaired) electrons. The molecule has 0 saturated heterocycles. The first-order chi connectivity index (χ1) is 17.4. The normalized spacial score (nSPS) is 10.8. The Morgan fingerprint density at radius 3 is 2.39 bits per heavy atom. The van der Waals surface area contributed by atoms with Crippen LogP contribution < -0.4 is 20.2 Å². The van der Waals surface area contributed by atoms with E-state index < -0.39 is 5.91 Å². The highest BCUT2D eigenvalue weighted by atomic mass is 16.5. The highest BCUT2D eigenvalue weighted by molar-refractivity contribution is 6.01. The quantitative estimate of drug-likeness (QED) is 0.250. The number of phenols is 1. The maximum Gasteiger partial charge on any atom is 0.275 e. The van der Waals surface area contributed by atoms with Gasteiger partial charge in [0, 0.05) is 5.69 Å². The maximum absolute atomic E-state index is 12.5. The van der Waals surface area contributed by atoms with E-state index in [1.807, 2.05) is 55.5 Å². The van der Waals surface area contributed by atoms with Crippen LogP contribution in [0.5, 0.6) is 17.2 Å². The van der Waals surface area contributed by atoms with Crippen molar-refractivity contribution in [3.05, 3.63) is 95.6 Å². The number of nitrogens with zero attached hydrogens (tertiary/aromatic N) is 1. The molecule has 4 aromatic carbocycles. The zero-order valence-electron chi connectivity index (χ0n) is 19.8. The second-order valence-electron chi connectivity index (χ2n) is 8.03. The molecule has 0 aliphatic rings. The lowest BCUT2D eigenvalue weighted by atomic mass is 10.1. The number of fused-ring (bicyclic) bond motifs is 1. The highest BCUT2D eigenvalue weighted by Gasteiger charge is 2.12. The zero-order chi connectivity index (χ0) is 25.5. The van der Waals surface area contributed by atoms with Crippen LogP contribution in [-0.2, 0) is 4.79 Å². The Morgan fingerprint density at radius 2 is 1.67 bits per heavy atom. The summed E-state index contributed by atoms with van der Waals surface area (Å²) >= 11 is 0. The smallest absolute Gasteiger partial charge is 0.275 e. The molecule has 0 unspecified atom stereocenters. The molecule has 0 bridgehead atoms. The van der Waals surface area contributed by atoms with Gasteiger partial charge in [0.25, 0.3) is 11.8 Å². The largest absolute Gasteiger partial charge is 0.507 e. The lowest BCUT2D eigenvalue weighted by molar-refractivity contribution is -0.118. The van der Waals surface area contributed by atoms with Gasteiger partial charge < -0.3 is 19.9 Å². The number of phenolic OH excluding ortho intramolecular Hbond substituents is 1. The van der Waals surface area contributed by atoms with Gasteiger partial charge in [-0.05, 0) is 65.7 Å². The molecule has 2 amide bonds. The lowest BCUT2D eigenvalue weighted by Crippen LogP contribution is -2.20. The zero-order valence-corrected chi connectivity index (χ0v) is 19.8. The number of amides is 2. The number of rotatable bonds is 8. The maximum atomic E-state index is 12.5. The summed E-state index contributed by atoms with van der Waals surface area (Å²) in [4.78, 5) is 24.7. The summed E-state index contributed by atoms with van der Waals surface area (Å²) < 4.78 is 11.0. The first-order valence-electron chi connectivity index (χ1n) is 11.2. The molecular weight excluding hydrogens is 458 g/mol. The van der Waals surface area contributed by atoms with Crippen molar-refractivity contribution in [3.8, 4) is 17.2 Å². The van der Waals surface area contributed by atoms with Crippen LogP contribution in [0.3, 0.4) is 0 Å². The SMILES string of the molecule is COc1cc(C=NNC(=O)c2cc3ccccc3cc2O)ccc1OCC(=O)Nc1ccc(C)cc1. The van der Waals surface area contributed by atoms with Gasteiger partial charge in [0.05, 0.1) is 18.9 Å². The summed E-state index contributed by atoms with van der Waals surface area (Å²) in [5, 5.41) is 18.6. The van der Waals surface area contributed by atoms with Crippen molar-refractivity contribution in [3.63, 3.8) is 0 Å². The molecule has 4 rings (SSSR count). The van der Waals surface area contributed by atoms with Crippen LogP contribution in [0.2, 0.25) is 0 Å². The molecule has 0 aliphatic heterocycles. The topological polar surface area (TPSA) is 109 Å². The molecule has 182 valence electrons. The number of nitrogens with one attached hydrogen (secondary N) is 2. The minimum absolute atomic E-state index is 0.121. The molecule has 0 spiro atoms. The van der Waals surface area contributed by atoms with Crippen LogP contribution in [-0.4, -0.2) is 36.9 Å². The van der Waals surface area contributed by atoms with Crippen molar-refractivity contribution in [2.45, 2.75) is 6.92 Å². The van der Waals surface area contributed by atoms with Gasteiger partial charge in [-0.3, -0.25) is 9.59 Å². The van der Waals surface area contributed by atoms with Crippen molar-refractivity contribution in [2.75, 3.05) is 19.0 Å². The van der Waals surface area contributed by atoms with Gasteiger partial charge in [0.1, 0.15) is 5.75 Å².